The average Bonchev–Trinajstić information content (AvgIpc) is 2.26. The molecule has 0 fully saturated rings. The van der Waals surface area contributed by atoms with E-state index in [0.717, 1.165) is 12.0 Å². The van der Waals surface area contributed by atoms with E-state index in [9.17, 15) is 9.18 Å². The number of hydrogen-bond acceptors (Lipinski definition) is 2. The Morgan fingerprint density at radius 3 is 2.81 bits per heavy atom. The normalized spacial score (nSPS) is 10.2. The highest BCUT2D eigenvalue weighted by Crippen LogP contribution is 2.12. The third-order valence-electron chi connectivity index (χ3n) is 2.07. The summed E-state index contributed by atoms with van der Waals surface area (Å²) < 4.78 is 18.0. The van der Waals surface area contributed by atoms with E-state index in [1.807, 2.05) is 0 Å². The summed E-state index contributed by atoms with van der Waals surface area (Å²) in [6.07, 6.45) is 1.42. The molecule has 0 spiro atoms. The summed E-state index contributed by atoms with van der Waals surface area (Å²) >= 11 is 5.56. The van der Waals surface area contributed by atoms with Gasteiger partial charge < -0.3 is 4.74 Å². The first-order chi connectivity index (χ1) is 7.67. The Morgan fingerprint density at radius 1 is 1.44 bits per heavy atom. The van der Waals surface area contributed by atoms with Crippen LogP contribution in [0.1, 0.15) is 29.3 Å². The van der Waals surface area contributed by atoms with Gasteiger partial charge in [0.1, 0.15) is 5.82 Å². The van der Waals surface area contributed by atoms with Gasteiger partial charge in [0.05, 0.1) is 12.2 Å². The lowest BCUT2D eigenvalue weighted by Gasteiger charge is -2.05. The van der Waals surface area contributed by atoms with Crippen LogP contribution in [0, 0.1) is 5.82 Å². The lowest BCUT2D eigenvalue weighted by molar-refractivity contribution is 0.0525. The molecule has 2 nitrogen and oxygen atoms in total. The van der Waals surface area contributed by atoms with Crippen molar-refractivity contribution in [3.8, 4) is 0 Å². The maximum atomic E-state index is 13.2. The van der Waals surface area contributed by atoms with Gasteiger partial charge in [-0.3, -0.25) is 0 Å². The molecule has 88 valence electrons. The van der Waals surface area contributed by atoms with Gasteiger partial charge in [0, 0.05) is 5.88 Å². The predicted molar refractivity (Wildman–Crippen MR) is 61.4 cm³/mol. The zero-order valence-electron chi connectivity index (χ0n) is 9.13. The quantitative estimate of drug-likeness (QED) is 0.587. The minimum Gasteiger partial charge on any atom is -0.462 e. The summed E-state index contributed by atoms with van der Waals surface area (Å²) in [4.78, 5) is 11.4. The zero-order valence-corrected chi connectivity index (χ0v) is 9.89. The largest absolute Gasteiger partial charge is 0.462 e. The Morgan fingerprint density at radius 2 is 2.19 bits per heavy atom. The van der Waals surface area contributed by atoms with Gasteiger partial charge in [-0.15, -0.1) is 11.6 Å². The maximum Gasteiger partial charge on any atom is 0.338 e. The first-order valence-corrected chi connectivity index (χ1v) is 5.73. The number of benzene rings is 1. The molecule has 0 N–H and O–H groups in total. The van der Waals surface area contributed by atoms with Crippen molar-refractivity contribution in [2.75, 3.05) is 12.5 Å². The van der Waals surface area contributed by atoms with E-state index < -0.39 is 11.8 Å². The molecule has 1 aromatic rings. The summed E-state index contributed by atoms with van der Waals surface area (Å²) in [6, 6.07) is 4.24. The molecule has 0 aliphatic heterocycles. The van der Waals surface area contributed by atoms with Gasteiger partial charge in [0.15, 0.2) is 0 Å². The summed E-state index contributed by atoms with van der Waals surface area (Å²) in [5.41, 5.74) is 1.02. The van der Waals surface area contributed by atoms with Gasteiger partial charge in [0.25, 0.3) is 0 Å². The van der Waals surface area contributed by atoms with Crippen molar-refractivity contribution in [1.82, 2.24) is 0 Å². The summed E-state index contributed by atoms with van der Waals surface area (Å²) in [6.45, 7) is 2.00. The van der Waals surface area contributed by atoms with Crippen LogP contribution in [0.4, 0.5) is 4.39 Å². The molecule has 0 saturated heterocycles. The van der Waals surface area contributed by atoms with Crippen LogP contribution in [0.15, 0.2) is 18.2 Å². The fraction of sp³-hybridized carbons (Fsp3) is 0.417. The molecule has 0 aromatic heterocycles. The molecule has 0 bridgehead atoms. The molecule has 0 amide bonds. The fourth-order valence-corrected chi connectivity index (χ4v) is 1.53. The third kappa shape index (κ3) is 3.81. The molecule has 0 heterocycles. The summed E-state index contributed by atoms with van der Waals surface area (Å²) in [7, 11) is 0. The first-order valence-electron chi connectivity index (χ1n) is 5.20. The molecule has 0 saturated carbocycles. The van der Waals surface area contributed by atoms with Gasteiger partial charge in [0.2, 0.25) is 0 Å². The van der Waals surface area contributed by atoms with Gasteiger partial charge in [-0.2, -0.15) is 0 Å². The van der Waals surface area contributed by atoms with Crippen LogP contribution >= 0.6 is 11.6 Å². The second-order valence-electron chi connectivity index (χ2n) is 3.36. The predicted octanol–water partition coefficient (Wildman–Crippen LogP) is 3.17. The van der Waals surface area contributed by atoms with Crippen LogP contribution < -0.4 is 0 Å². The Hall–Kier alpha value is -1.09. The molecular weight excluding hydrogens is 231 g/mol. The highest BCUT2D eigenvalue weighted by Gasteiger charge is 2.09. The molecule has 1 aromatic carbocycles. The van der Waals surface area contributed by atoms with Crippen molar-refractivity contribution >= 4 is 17.6 Å². The summed E-state index contributed by atoms with van der Waals surface area (Å²) in [5, 5.41) is 0. The number of carbonyl (C=O) groups is 1. The molecular formula is C12H14ClFO2. The standard InChI is InChI=1S/C12H14ClFO2/c1-2-16-12(15)10-6-9(4-3-5-13)7-11(14)8-10/h6-8H,2-5H2,1H3. The van der Waals surface area contributed by atoms with Crippen molar-refractivity contribution in [3.63, 3.8) is 0 Å². The molecule has 4 heteroatoms. The van der Waals surface area contributed by atoms with E-state index >= 15 is 0 Å². The highest BCUT2D eigenvalue weighted by atomic mass is 35.5. The number of ether oxygens (including phenoxy) is 1. The lowest BCUT2D eigenvalue weighted by atomic mass is 10.1. The number of hydrogen-bond donors (Lipinski definition) is 0. The highest BCUT2D eigenvalue weighted by molar-refractivity contribution is 6.17. The molecule has 0 radical (unpaired) electrons. The number of alkyl halides is 1. The van der Waals surface area contributed by atoms with Crippen LogP contribution in [0.2, 0.25) is 0 Å². The molecule has 0 unspecified atom stereocenters. The summed E-state index contributed by atoms with van der Waals surface area (Å²) in [5.74, 6) is -0.394. The van der Waals surface area contributed by atoms with Crippen molar-refractivity contribution in [1.29, 1.82) is 0 Å². The van der Waals surface area contributed by atoms with Crippen LogP contribution in [0.25, 0.3) is 0 Å². The third-order valence-corrected chi connectivity index (χ3v) is 2.34. The van der Waals surface area contributed by atoms with E-state index in [1.54, 1.807) is 13.0 Å². The lowest BCUT2D eigenvalue weighted by Crippen LogP contribution is -2.06. The number of halogens is 2. The van der Waals surface area contributed by atoms with Gasteiger partial charge in [-0.25, -0.2) is 9.18 Å². The maximum absolute atomic E-state index is 13.2. The minimum absolute atomic E-state index is 0.256. The van der Waals surface area contributed by atoms with E-state index in [4.69, 9.17) is 16.3 Å². The fourth-order valence-electron chi connectivity index (χ4n) is 1.40. The number of aryl methyl sites for hydroxylation is 1. The van der Waals surface area contributed by atoms with Crippen molar-refractivity contribution in [3.05, 3.63) is 35.1 Å². The number of rotatable bonds is 5. The molecule has 0 aliphatic rings. The average molecular weight is 245 g/mol. The Labute approximate surface area is 99.4 Å². The van der Waals surface area contributed by atoms with Crippen LogP contribution in [0.3, 0.4) is 0 Å². The van der Waals surface area contributed by atoms with Crippen LogP contribution in [-0.2, 0) is 11.2 Å². The topological polar surface area (TPSA) is 26.3 Å². The minimum atomic E-state index is -0.492. The van der Waals surface area contributed by atoms with E-state index in [-0.39, 0.29) is 12.2 Å². The van der Waals surface area contributed by atoms with E-state index in [1.165, 1.54) is 12.1 Å². The van der Waals surface area contributed by atoms with Gasteiger partial charge >= 0.3 is 5.97 Å². The second kappa shape index (κ2) is 6.48. The molecule has 0 aliphatic carbocycles. The molecule has 0 atom stereocenters. The Balaban J connectivity index is 2.84. The van der Waals surface area contributed by atoms with Crippen LogP contribution in [0.5, 0.6) is 0 Å². The van der Waals surface area contributed by atoms with Crippen molar-refractivity contribution in [2.45, 2.75) is 19.8 Å². The monoisotopic (exact) mass is 244 g/mol. The Kier molecular flexibility index (Phi) is 5.26. The first kappa shape index (κ1) is 13.0. The number of esters is 1. The SMILES string of the molecule is CCOC(=O)c1cc(F)cc(CCCCl)c1. The van der Waals surface area contributed by atoms with Crippen molar-refractivity contribution in [2.24, 2.45) is 0 Å². The smallest absolute Gasteiger partial charge is 0.338 e. The van der Waals surface area contributed by atoms with Crippen molar-refractivity contribution < 1.29 is 13.9 Å². The number of carbonyl (C=O) groups excluding carboxylic acids is 1. The van der Waals surface area contributed by atoms with E-state index in [0.29, 0.717) is 12.3 Å². The van der Waals surface area contributed by atoms with Gasteiger partial charge in [-0.1, -0.05) is 0 Å². The second-order valence-corrected chi connectivity index (χ2v) is 3.74. The molecule has 1 rings (SSSR count). The molecule has 16 heavy (non-hydrogen) atoms. The Bertz CT molecular complexity index is 366. The van der Waals surface area contributed by atoms with Crippen LogP contribution in [-0.4, -0.2) is 18.5 Å². The zero-order chi connectivity index (χ0) is 12.0. The van der Waals surface area contributed by atoms with Gasteiger partial charge in [-0.05, 0) is 43.5 Å². The van der Waals surface area contributed by atoms with E-state index in [2.05, 4.69) is 0 Å².